The molecule has 3 rings (SSSR count). The van der Waals surface area contributed by atoms with Gasteiger partial charge in [0.1, 0.15) is 5.75 Å². The molecular formula is C17H15N3O3. The molecule has 6 heteroatoms. The molecule has 2 aromatic carbocycles. The van der Waals surface area contributed by atoms with E-state index in [-0.39, 0.29) is 12.5 Å². The molecule has 0 fully saturated rings. The third kappa shape index (κ3) is 3.55. The van der Waals surface area contributed by atoms with Gasteiger partial charge < -0.3 is 14.6 Å². The first kappa shape index (κ1) is 14.8. The number of carbonyl (C=O) groups is 1. The Morgan fingerprint density at radius 2 is 1.87 bits per heavy atom. The Bertz CT molecular complexity index is 782. The fourth-order valence-electron chi connectivity index (χ4n) is 2.03. The van der Waals surface area contributed by atoms with Gasteiger partial charge in [0, 0.05) is 11.1 Å². The number of carbonyl (C=O) groups excluding carboxylic acids is 1. The van der Waals surface area contributed by atoms with Gasteiger partial charge in [-0.2, -0.15) is 4.98 Å². The van der Waals surface area contributed by atoms with Gasteiger partial charge in [0.05, 0.1) is 13.7 Å². The van der Waals surface area contributed by atoms with Crippen LogP contribution < -0.4 is 10.1 Å². The maximum absolute atomic E-state index is 12.1. The van der Waals surface area contributed by atoms with Crippen molar-refractivity contribution >= 4 is 5.91 Å². The van der Waals surface area contributed by atoms with Gasteiger partial charge in [0.2, 0.25) is 11.7 Å². The van der Waals surface area contributed by atoms with Crippen LogP contribution in [-0.4, -0.2) is 23.2 Å². The largest absolute Gasteiger partial charge is 0.497 e. The number of benzene rings is 2. The minimum absolute atomic E-state index is 0.171. The predicted molar refractivity (Wildman–Crippen MR) is 83.9 cm³/mol. The monoisotopic (exact) mass is 309 g/mol. The van der Waals surface area contributed by atoms with Gasteiger partial charge in [0.25, 0.3) is 5.91 Å². The van der Waals surface area contributed by atoms with Crippen molar-refractivity contribution in [3.8, 4) is 17.1 Å². The van der Waals surface area contributed by atoms with E-state index in [2.05, 4.69) is 15.5 Å². The minimum Gasteiger partial charge on any atom is -0.497 e. The summed E-state index contributed by atoms with van der Waals surface area (Å²) in [5.41, 5.74) is 1.40. The van der Waals surface area contributed by atoms with Crippen molar-refractivity contribution in [3.63, 3.8) is 0 Å². The van der Waals surface area contributed by atoms with Gasteiger partial charge in [-0.3, -0.25) is 4.79 Å². The van der Waals surface area contributed by atoms with Gasteiger partial charge in [-0.25, -0.2) is 0 Å². The smallest absolute Gasteiger partial charge is 0.251 e. The van der Waals surface area contributed by atoms with Crippen LogP contribution in [0.1, 0.15) is 16.2 Å². The first-order valence-electron chi connectivity index (χ1n) is 7.06. The third-order valence-electron chi connectivity index (χ3n) is 3.25. The van der Waals surface area contributed by atoms with Gasteiger partial charge in [0.15, 0.2) is 0 Å². The van der Waals surface area contributed by atoms with Crippen LogP contribution >= 0.6 is 0 Å². The fourth-order valence-corrected chi connectivity index (χ4v) is 2.03. The van der Waals surface area contributed by atoms with Crippen molar-refractivity contribution in [1.82, 2.24) is 15.5 Å². The molecule has 0 saturated heterocycles. The molecule has 0 spiro atoms. The van der Waals surface area contributed by atoms with Crippen LogP contribution in [0.5, 0.6) is 5.75 Å². The number of hydrogen-bond acceptors (Lipinski definition) is 5. The van der Waals surface area contributed by atoms with Gasteiger partial charge >= 0.3 is 0 Å². The quantitative estimate of drug-likeness (QED) is 0.784. The minimum atomic E-state index is -0.216. The summed E-state index contributed by atoms with van der Waals surface area (Å²) >= 11 is 0. The van der Waals surface area contributed by atoms with Crippen LogP contribution in [0.2, 0.25) is 0 Å². The van der Waals surface area contributed by atoms with Crippen molar-refractivity contribution in [3.05, 3.63) is 66.1 Å². The Morgan fingerprint density at radius 1 is 1.13 bits per heavy atom. The molecule has 3 aromatic rings. The van der Waals surface area contributed by atoms with Crippen LogP contribution in [0.3, 0.4) is 0 Å². The van der Waals surface area contributed by atoms with Crippen LogP contribution in [0.4, 0.5) is 0 Å². The Labute approximate surface area is 133 Å². The molecule has 1 amide bonds. The van der Waals surface area contributed by atoms with Gasteiger partial charge in [-0.05, 0) is 24.3 Å². The molecule has 0 aliphatic heterocycles. The lowest BCUT2D eigenvalue weighted by molar-refractivity contribution is 0.0946. The van der Waals surface area contributed by atoms with Crippen molar-refractivity contribution in [1.29, 1.82) is 0 Å². The van der Waals surface area contributed by atoms with E-state index in [0.717, 1.165) is 5.56 Å². The zero-order valence-electron chi connectivity index (χ0n) is 12.5. The molecule has 0 bridgehead atoms. The summed E-state index contributed by atoms with van der Waals surface area (Å²) in [6.07, 6.45) is 0. The molecule has 23 heavy (non-hydrogen) atoms. The Balaban J connectivity index is 1.62. The second-order valence-electron chi connectivity index (χ2n) is 4.79. The number of nitrogens with zero attached hydrogens (tertiary/aromatic N) is 2. The molecule has 1 N–H and O–H groups in total. The molecule has 116 valence electrons. The lowest BCUT2D eigenvalue weighted by atomic mass is 10.2. The van der Waals surface area contributed by atoms with Crippen molar-refractivity contribution in [2.75, 3.05) is 7.11 Å². The van der Waals surface area contributed by atoms with Crippen LogP contribution in [0, 0.1) is 0 Å². The highest BCUT2D eigenvalue weighted by Gasteiger charge is 2.10. The highest BCUT2D eigenvalue weighted by molar-refractivity contribution is 5.94. The van der Waals surface area contributed by atoms with E-state index in [1.165, 1.54) is 0 Å². The fraction of sp³-hybridized carbons (Fsp3) is 0.118. The Hall–Kier alpha value is -3.15. The van der Waals surface area contributed by atoms with Crippen molar-refractivity contribution in [2.45, 2.75) is 6.54 Å². The van der Waals surface area contributed by atoms with Crippen LogP contribution in [0.25, 0.3) is 11.4 Å². The molecule has 6 nitrogen and oxygen atoms in total. The van der Waals surface area contributed by atoms with E-state index in [4.69, 9.17) is 9.26 Å². The number of ether oxygens (including phenoxy) is 1. The lowest BCUT2D eigenvalue weighted by Crippen LogP contribution is -2.22. The van der Waals surface area contributed by atoms with Crippen LogP contribution in [-0.2, 0) is 6.54 Å². The molecule has 0 atom stereocenters. The molecular weight excluding hydrogens is 294 g/mol. The average molecular weight is 309 g/mol. The number of amides is 1. The van der Waals surface area contributed by atoms with E-state index in [9.17, 15) is 4.79 Å². The van der Waals surface area contributed by atoms with Crippen molar-refractivity contribution < 1.29 is 14.1 Å². The predicted octanol–water partition coefficient (Wildman–Crippen LogP) is 2.68. The molecule has 0 saturated carbocycles. The summed E-state index contributed by atoms with van der Waals surface area (Å²) in [6, 6.07) is 16.3. The standard InChI is InChI=1S/C17H15N3O3/c1-22-14-9-7-13(8-10-14)17(21)18-11-15-19-16(20-23-15)12-5-3-2-4-6-12/h2-10H,11H2,1H3,(H,18,21). The normalized spacial score (nSPS) is 10.3. The summed E-state index contributed by atoms with van der Waals surface area (Å²) in [5.74, 6) is 1.34. The van der Waals surface area contributed by atoms with Crippen molar-refractivity contribution in [2.24, 2.45) is 0 Å². The van der Waals surface area contributed by atoms with Gasteiger partial charge in [-0.1, -0.05) is 35.5 Å². The van der Waals surface area contributed by atoms with E-state index in [1.807, 2.05) is 30.3 Å². The first-order chi connectivity index (χ1) is 11.3. The number of methoxy groups -OCH3 is 1. The second kappa shape index (κ2) is 6.74. The number of hydrogen-bond donors (Lipinski definition) is 1. The molecule has 0 aliphatic carbocycles. The maximum atomic E-state index is 12.1. The first-order valence-corrected chi connectivity index (χ1v) is 7.06. The summed E-state index contributed by atoms with van der Waals surface area (Å²) in [6.45, 7) is 0.171. The van der Waals surface area contributed by atoms with E-state index >= 15 is 0 Å². The molecule has 0 aliphatic rings. The van der Waals surface area contributed by atoms with Crippen LogP contribution in [0.15, 0.2) is 59.1 Å². The SMILES string of the molecule is COc1ccc(C(=O)NCc2nc(-c3ccccc3)no2)cc1. The molecule has 1 aromatic heterocycles. The zero-order chi connectivity index (χ0) is 16.1. The van der Waals surface area contributed by atoms with Gasteiger partial charge in [-0.15, -0.1) is 0 Å². The Morgan fingerprint density at radius 3 is 2.57 bits per heavy atom. The summed E-state index contributed by atoms with van der Waals surface area (Å²) in [5, 5.41) is 6.65. The highest BCUT2D eigenvalue weighted by atomic mass is 16.5. The molecule has 1 heterocycles. The summed E-state index contributed by atoms with van der Waals surface area (Å²) in [7, 11) is 1.58. The second-order valence-corrected chi connectivity index (χ2v) is 4.79. The third-order valence-corrected chi connectivity index (χ3v) is 3.25. The summed E-state index contributed by atoms with van der Waals surface area (Å²) in [4.78, 5) is 16.3. The Kier molecular flexibility index (Phi) is 4.33. The number of rotatable bonds is 5. The maximum Gasteiger partial charge on any atom is 0.251 e. The molecule has 0 radical (unpaired) electrons. The number of nitrogens with one attached hydrogen (secondary N) is 1. The van der Waals surface area contributed by atoms with E-state index in [0.29, 0.717) is 23.0 Å². The lowest BCUT2D eigenvalue weighted by Gasteiger charge is -2.03. The van der Waals surface area contributed by atoms with E-state index in [1.54, 1.807) is 31.4 Å². The average Bonchev–Trinajstić information content (AvgIpc) is 3.09. The number of aromatic nitrogens is 2. The topological polar surface area (TPSA) is 77.2 Å². The summed E-state index contributed by atoms with van der Waals surface area (Å²) < 4.78 is 10.2. The van der Waals surface area contributed by atoms with E-state index < -0.39 is 0 Å². The zero-order valence-corrected chi connectivity index (χ0v) is 12.5. The highest BCUT2D eigenvalue weighted by Crippen LogP contribution is 2.15. The molecule has 0 unspecified atom stereocenters.